The molecule has 3 fully saturated rings. The highest BCUT2D eigenvalue weighted by molar-refractivity contribution is 7.71. The zero-order valence-corrected chi connectivity index (χ0v) is 11.5. The third-order valence-corrected chi connectivity index (χ3v) is 4.70. The molecular weight excluding hydrogens is 230 g/mol. The number of hydrogen-bond donors (Lipinski definition) is 1. The summed E-state index contributed by atoms with van der Waals surface area (Å²) in [6.07, 6.45) is 4.79. The lowest BCUT2D eigenvalue weighted by atomic mass is 9.83. The number of aromatic nitrogens is 2. The number of H-pyrrole nitrogens is 1. The van der Waals surface area contributed by atoms with Gasteiger partial charge in [-0.2, -0.15) is 0 Å². The van der Waals surface area contributed by atoms with Crippen molar-refractivity contribution < 1.29 is 0 Å². The number of aromatic amines is 1. The Kier molecular flexibility index (Phi) is 2.87. The molecule has 0 spiro atoms. The van der Waals surface area contributed by atoms with Crippen molar-refractivity contribution >= 4 is 12.2 Å². The summed E-state index contributed by atoms with van der Waals surface area (Å²) in [6, 6.07) is 0.605. The first-order valence-electron chi connectivity index (χ1n) is 6.69. The van der Waals surface area contributed by atoms with Crippen LogP contribution in [0.2, 0.25) is 0 Å². The van der Waals surface area contributed by atoms with E-state index in [9.17, 15) is 0 Å². The second kappa shape index (κ2) is 4.25. The molecule has 94 valence electrons. The molecule has 1 unspecified atom stereocenters. The monoisotopic (exact) mass is 251 g/mol. The second-order valence-corrected chi connectivity index (χ2v) is 6.14. The van der Waals surface area contributed by atoms with Crippen LogP contribution in [0.15, 0.2) is 6.20 Å². The highest BCUT2D eigenvalue weighted by atomic mass is 32.1. The van der Waals surface area contributed by atoms with E-state index in [4.69, 9.17) is 12.2 Å². The first kappa shape index (κ1) is 11.5. The highest BCUT2D eigenvalue weighted by Crippen LogP contribution is 2.37. The molecule has 0 aliphatic carbocycles. The Morgan fingerprint density at radius 3 is 2.59 bits per heavy atom. The molecule has 4 heteroatoms. The summed E-state index contributed by atoms with van der Waals surface area (Å²) in [7, 11) is 0. The van der Waals surface area contributed by atoms with Crippen molar-refractivity contribution in [1.29, 1.82) is 0 Å². The molecule has 4 heterocycles. The minimum Gasteiger partial charge on any atom is -0.337 e. The van der Waals surface area contributed by atoms with Gasteiger partial charge in [0, 0.05) is 18.4 Å². The van der Waals surface area contributed by atoms with Gasteiger partial charge in [0.05, 0.1) is 6.04 Å². The van der Waals surface area contributed by atoms with Crippen molar-refractivity contribution in [2.24, 2.45) is 5.92 Å². The van der Waals surface area contributed by atoms with Crippen LogP contribution >= 0.6 is 12.2 Å². The van der Waals surface area contributed by atoms with Crippen LogP contribution in [0.5, 0.6) is 0 Å². The Bertz CT molecular complexity index is 451. The molecule has 1 atom stereocenters. The fourth-order valence-electron chi connectivity index (χ4n) is 3.41. The molecule has 1 aromatic heterocycles. The second-order valence-electron chi connectivity index (χ2n) is 5.75. The Morgan fingerprint density at radius 1 is 1.35 bits per heavy atom. The number of nitrogens with one attached hydrogen (secondary N) is 1. The van der Waals surface area contributed by atoms with E-state index in [1.807, 2.05) is 0 Å². The van der Waals surface area contributed by atoms with Crippen LogP contribution in [0.4, 0.5) is 0 Å². The van der Waals surface area contributed by atoms with E-state index >= 15 is 0 Å². The van der Waals surface area contributed by atoms with Crippen molar-refractivity contribution in [2.75, 3.05) is 19.6 Å². The predicted molar refractivity (Wildman–Crippen MR) is 71.9 cm³/mol. The van der Waals surface area contributed by atoms with Crippen LogP contribution in [0.1, 0.15) is 44.3 Å². The predicted octanol–water partition coefficient (Wildman–Crippen LogP) is 2.94. The molecule has 3 aliphatic heterocycles. The summed E-state index contributed by atoms with van der Waals surface area (Å²) in [5.41, 5.74) is 1.37. The van der Waals surface area contributed by atoms with Gasteiger partial charge in [0.15, 0.2) is 4.77 Å². The summed E-state index contributed by atoms with van der Waals surface area (Å²) in [5, 5.41) is 0. The molecule has 2 bridgehead atoms. The van der Waals surface area contributed by atoms with E-state index in [1.54, 1.807) is 0 Å². The van der Waals surface area contributed by atoms with E-state index in [-0.39, 0.29) is 0 Å². The molecule has 17 heavy (non-hydrogen) atoms. The first-order valence-corrected chi connectivity index (χ1v) is 7.10. The van der Waals surface area contributed by atoms with Crippen LogP contribution in [0, 0.1) is 10.7 Å². The molecule has 3 saturated heterocycles. The fourth-order valence-corrected chi connectivity index (χ4v) is 3.71. The average molecular weight is 251 g/mol. The normalized spacial score (nSPS) is 32.3. The maximum absolute atomic E-state index is 5.48. The van der Waals surface area contributed by atoms with Gasteiger partial charge in [-0.15, -0.1) is 0 Å². The molecule has 0 amide bonds. The average Bonchev–Trinajstić information content (AvgIpc) is 2.72. The van der Waals surface area contributed by atoms with Gasteiger partial charge in [-0.05, 0) is 50.0 Å². The Balaban J connectivity index is 1.99. The molecular formula is C13H21N3S. The lowest BCUT2D eigenvalue weighted by molar-refractivity contribution is 0.0549. The number of rotatable bonds is 2. The van der Waals surface area contributed by atoms with E-state index in [2.05, 4.69) is 34.5 Å². The Morgan fingerprint density at radius 2 is 2.06 bits per heavy atom. The topological polar surface area (TPSA) is 24.0 Å². The molecule has 0 aromatic carbocycles. The minimum atomic E-state index is 0.540. The fraction of sp³-hybridized carbons (Fsp3) is 0.769. The standard InChI is InChI=1S/C13H21N3S/c1-9(2)11-7-14-13(17)16(11)12-8-15-5-3-10(12)4-6-15/h7,9-10,12H,3-6,8H2,1-2H3,(H,14,17). The Labute approximate surface area is 108 Å². The van der Waals surface area contributed by atoms with E-state index < -0.39 is 0 Å². The maximum atomic E-state index is 5.48. The quantitative estimate of drug-likeness (QED) is 0.817. The Hall–Kier alpha value is -0.610. The molecule has 1 N–H and O–H groups in total. The van der Waals surface area contributed by atoms with Gasteiger partial charge >= 0.3 is 0 Å². The summed E-state index contributed by atoms with van der Waals surface area (Å²) in [4.78, 5) is 5.82. The van der Waals surface area contributed by atoms with Gasteiger partial charge in [0.2, 0.25) is 0 Å². The SMILES string of the molecule is CC(C)c1c[nH]c(=S)n1C1CN2CCC1CC2. The van der Waals surface area contributed by atoms with Gasteiger partial charge in [0.1, 0.15) is 0 Å². The summed E-state index contributed by atoms with van der Waals surface area (Å²) < 4.78 is 3.31. The van der Waals surface area contributed by atoms with Gasteiger partial charge < -0.3 is 14.5 Å². The van der Waals surface area contributed by atoms with Gasteiger partial charge in [0.25, 0.3) is 0 Å². The third-order valence-electron chi connectivity index (χ3n) is 4.39. The largest absolute Gasteiger partial charge is 0.337 e. The first-order chi connectivity index (χ1) is 8.16. The van der Waals surface area contributed by atoms with Crippen LogP contribution < -0.4 is 0 Å². The van der Waals surface area contributed by atoms with Crippen LogP contribution in [-0.2, 0) is 0 Å². The molecule has 0 radical (unpaired) electrons. The van der Waals surface area contributed by atoms with E-state index in [0.717, 1.165) is 10.7 Å². The smallest absolute Gasteiger partial charge is 0.177 e. The number of hydrogen-bond acceptors (Lipinski definition) is 2. The zero-order valence-electron chi connectivity index (χ0n) is 10.6. The number of nitrogens with zero attached hydrogens (tertiary/aromatic N) is 2. The molecule has 1 aromatic rings. The number of fused-ring (bicyclic) bond motifs is 3. The molecule has 0 saturated carbocycles. The van der Waals surface area contributed by atoms with Crippen molar-refractivity contribution in [3.05, 3.63) is 16.7 Å². The van der Waals surface area contributed by atoms with Crippen LogP contribution in [0.3, 0.4) is 0 Å². The van der Waals surface area contributed by atoms with Crippen molar-refractivity contribution in [3.63, 3.8) is 0 Å². The number of piperidine rings is 3. The summed E-state index contributed by atoms with van der Waals surface area (Å²) >= 11 is 5.48. The van der Waals surface area contributed by atoms with Crippen LogP contribution in [0.25, 0.3) is 0 Å². The summed E-state index contributed by atoms with van der Waals surface area (Å²) in [5.74, 6) is 1.37. The van der Waals surface area contributed by atoms with Crippen molar-refractivity contribution in [3.8, 4) is 0 Å². The van der Waals surface area contributed by atoms with Crippen molar-refractivity contribution in [2.45, 2.75) is 38.6 Å². The van der Waals surface area contributed by atoms with Crippen LogP contribution in [-0.4, -0.2) is 34.1 Å². The lowest BCUT2D eigenvalue weighted by Gasteiger charge is -2.45. The van der Waals surface area contributed by atoms with Gasteiger partial charge in [-0.1, -0.05) is 13.8 Å². The molecule has 4 rings (SSSR count). The zero-order chi connectivity index (χ0) is 12.0. The molecule has 3 aliphatic rings. The third kappa shape index (κ3) is 1.87. The highest BCUT2D eigenvalue weighted by Gasteiger charge is 2.36. The number of imidazole rings is 1. The van der Waals surface area contributed by atoms with Gasteiger partial charge in [-0.3, -0.25) is 0 Å². The lowest BCUT2D eigenvalue weighted by Crippen LogP contribution is -2.48. The maximum Gasteiger partial charge on any atom is 0.177 e. The van der Waals surface area contributed by atoms with E-state index in [1.165, 1.54) is 38.2 Å². The minimum absolute atomic E-state index is 0.540. The van der Waals surface area contributed by atoms with Crippen molar-refractivity contribution in [1.82, 2.24) is 14.5 Å². The van der Waals surface area contributed by atoms with E-state index in [0.29, 0.717) is 12.0 Å². The summed E-state index contributed by atoms with van der Waals surface area (Å²) in [6.45, 7) is 8.26. The molecule has 3 nitrogen and oxygen atoms in total. The van der Waals surface area contributed by atoms with Gasteiger partial charge in [-0.25, -0.2) is 0 Å².